The number of carbonyl (C=O) groups is 1. The van der Waals surface area contributed by atoms with Crippen LogP contribution in [0.25, 0.3) is 0 Å². The molecule has 0 radical (unpaired) electrons. The average Bonchev–Trinajstić information content (AvgIpc) is 2.65. The molecule has 3 aromatic rings. The molecule has 1 atom stereocenters. The zero-order valence-electron chi connectivity index (χ0n) is 15.0. The topological polar surface area (TPSA) is 29.1 Å². The molecule has 0 spiro atoms. The molecule has 0 fully saturated rings. The van der Waals surface area contributed by atoms with Gasteiger partial charge < -0.3 is 5.32 Å². The summed E-state index contributed by atoms with van der Waals surface area (Å²) in [5.41, 5.74) is 3.81. The Labute approximate surface area is 173 Å². The van der Waals surface area contributed by atoms with Gasteiger partial charge in [-0.15, -0.1) is 11.8 Å². The first-order chi connectivity index (χ1) is 13.0. The normalized spacial score (nSPS) is 11.9. The lowest BCUT2D eigenvalue weighted by atomic mass is 10.1. The number of nitrogens with one attached hydrogen (secondary N) is 1. The minimum absolute atomic E-state index is 0.115. The molecular weight excluding hydrogens is 397 g/mol. The molecule has 1 N–H and O–H groups in total. The van der Waals surface area contributed by atoms with E-state index in [1.165, 1.54) is 11.8 Å². The van der Waals surface area contributed by atoms with E-state index >= 15 is 0 Å². The zero-order chi connectivity index (χ0) is 19.4. The second-order valence-corrected chi connectivity index (χ2v) is 8.20. The number of anilines is 1. The predicted octanol–water partition coefficient (Wildman–Crippen LogP) is 7.08. The molecule has 0 aromatic heterocycles. The molecule has 1 amide bonds. The minimum atomic E-state index is -0.483. The largest absolute Gasteiger partial charge is 0.325 e. The summed E-state index contributed by atoms with van der Waals surface area (Å²) in [7, 11) is 0. The number of benzene rings is 3. The van der Waals surface area contributed by atoms with Gasteiger partial charge in [-0.3, -0.25) is 4.79 Å². The molecule has 138 valence electrons. The summed E-state index contributed by atoms with van der Waals surface area (Å²) in [4.78, 5) is 13.9. The number of carbonyl (C=O) groups excluding carboxylic acids is 1. The van der Waals surface area contributed by atoms with Crippen LogP contribution in [0.2, 0.25) is 10.0 Å². The highest BCUT2D eigenvalue weighted by molar-refractivity contribution is 8.00. The molecule has 0 aliphatic heterocycles. The molecule has 0 saturated heterocycles. The van der Waals surface area contributed by atoms with Gasteiger partial charge in [0.15, 0.2) is 0 Å². The van der Waals surface area contributed by atoms with Crippen molar-refractivity contribution in [3.05, 3.63) is 93.5 Å². The van der Waals surface area contributed by atoms with Crippen molar-refractivity contribution < 1.29 is 4.79 Å². The number of rotatable bonds is 5. The molecule has 3 aromatic carbocycles. The Morgan fingerprint density at radius 3 is 2.26 bits per heavy atom. The van der Waals surface area contributed by atoms with Gasteiger partial charge in [0, 0.05) is 10.6 Å². The zero-order valence-corrected chi connectivity index (χ0v) is 17.3. The smallest absolute Gasteiger partial charge is 0.242 e. The van der Waals surface area contributed by atoms with Gasteiger partial charge in [0.05, 0.1) is 10.0 Å². The van der Waals surface area contributed by atoms with E-state index in [9.17, 15) is 4.79 Å². The highest BCUT2D eigenvalue weighted by Crippen LogP contribution is 2.43. The van der Waals surface area contributed by atoms with Crippen LogP contribution in [0.1, 0.15) is 21.9 Å². The quantitative estimate of drug-likeness (QED) is 0.450. The molecule has 0 heterocycles. The lowest BCUT2D eigenvalue weighted by Crippen LogP contribution is -2.19. The molecular formula is C22H19Cl2NOS. The maximum Gasteiger partial charge on any atom is 0.242 e. The Balaban J connectivity index is 1.95. The second-order valence-electron chi connectivity index (χ2n) is 6.27. The van der Waals surface area contributed by atoms with Crippen LogP contribution < -0.4 is 5.32 Å². The van der Waals surface area contributed by atoms with Gasteiger partial charge in [-0.2, -0.15) is 0 Å². The van der Waals surface area contributed by atoms with Gasteiger partial charge >= 0.3 is 0 Å². The van der Waals surface area contributed by atoms with Crippen LogP contribution in [0.5, 0.6) is 0 Å². The van der Waals surface area contributed by atoms with E-state index in [4.69, 9.17) is 23.2 Å². The summed E-state index contributed by atoms with van der Waals surface area (Å²) in [6.07, 6.45) is 0. The van der Waals surface area contributed by atoms with Crippen LogP contribution in [-0.4, -0.2) is 5.91 Å². The number of thioether (sulfide) groups is 1. The van der Waals surface area contributed by atoms with Crippen LogP contribution in [-0.2, 0) is 4.79 Å². The maximum absolute atomic E-state index is 13.2. The van der Waals surface area contributed by atoms with Crippen LogP contribution in [0.4, 0.5) is 5.69 Å². The third kappa shape index (κ3) is 4.86. The number of hydrogen-bond acceptors (Lipinski definition) is 2. The SMILES string of the molecule is Cc1ccc(C)c(NC(=O)[C@@H](Sc2c(Cl)cccc2Cl)c2ccccc2)c1. The van der Waals surface area contributed by atoms with Crippen molar-refractivity contribution in [3.63, 3.8) is 0 Å². The van der Waals surface area contributed by atoms with Crippen LogP contribution in [0, 0.1) is 13.8 Å². The Morgan fingerprint density at radius 1 is 0.926 bits per heavy atom. The van der Waals surface area contributed by atoms with E-state index in [1.807, 2.05) is 62.4 Å². The maximum atomic E-state index is 13.2. The van der Waals surface area contributed by atoms with Crippen LogP contribution >= 0.6 is 35.0 Å². The Bertz CT molecular complexity index is 940. The van der Waals surface area contributed by atoms with Gasteiger partial charge in [-0.05, 0) is 48.7 Å². The molecule has 2 nitrogen and oxygen atoms in total. The number of halogens is 2. The molecule has 27 heavy (non-hydrogen) atoms. The molecule has 5 heteroatoms. The van der Waals surface area contributed by atoms with Crippen molar-refractivity contribution in [3.8, 4) is 0 Å². The van der Waals surface area contributed by atoms with Crippen molar-refractivity contribution in [2.75, 3.05) is 5.32 Å². The lowest BCUT2D eigenvalue weighted by molar-refractivity contribution is -0.115. The first-order valence-electron chi connectivity index (χ1n) is 8.49. The fourth-order valence-electron chi connectivity index (χ4n) is 2.68. The van der Waals surface area contributed by atoms with Gasteiger partial charge in [-0.25, -0.2) is 0 Å². The fraction of sp³-hybridized carbons (Fsp3) is 0.136. The minimum Gasteiger partial charge on any atom is -0.325 e. The summed E-state index contributed by atoms with van der Waals surface area (Å²) in [6.45, 7) is 3.98. The highest BCUT2D eigenvalue weighted by Gasteiger charge is 2.24. The fourth-order valence-corrected chi connectivity index (χ4v) is 4.40. The van der Waals surface area contributed by atoms with Crippen molar-refractivity contribution in [2.45, 2.75) is 24.0 Å². The van der Waals surface area contributed by atoms with Gasteiger partial charge in [-0.1, -0.05) is 71.7 Å². The number of hydrogen-bond donors (Lipinski definition) is 1. The Morgan fingerprint density at radius 2 is 1.59 bits per heavy atom. The Hall–Kier alpha value is -1.94. The molecule has 0 bridgehead atoms. The van der Waals surface area contributed by atoms with E-state index in [2.05, 4.69) is 5.32 Å². The van der Waals surface area contributed by atoms with Crippen molar-refractivity contribution >= 4 is 46.6 Å². The third-order valence-corrected chi connectivity index (χ3v) is 6.40. The summed E-state index contributed by atoms with van der Waals surface area (Å²) in [6, 6.07) is 21.0. The molecule has 0 aliphatic carbocycles. The molecule has 0 unspecified atom stereocenters. The number of amides is 1. The van der Waals surface area contributed by atoms with E-state index in [-0.39, 0.29) is 5.91 Å². The third-order valence-electron chi connectivity index (χ3n) is 4.15. The average molecular weight is 416 g/mol. The lowest BCUT2D eigenvalue weighted by Gasteiger charge is -2.19. The van der Waals surface area contributed by atoms with Gasteiger partial charge in [0.2, 0.25) is 5.91 Å². The van der Waals surface area contributed by atoms with Crippen molar-refractivity contribution in [2.24, 2.45) is 0 Å². The first kappa shape index (κ1) is 19.8. The highest BCUT2D eigenvalue weighted by atomic mass is 35.5. The monoisotopic (exact) mass is 415 g/mol. The van der Waals surface area contributed by atoms with Crippen LogP contribution in [0.3, 0.4) is 0 Å². The van der Waals surface area contributed by atoms with Gasteiger partial charge in [0.25, 0.3) is 0 Å². The van der Waals surface area contributed by atoms with E-state index in [0.29, 0.717) is 14.9 Å². The predicted molar refractivity (Wildman–Crippen MR) is 116 cm³/mol. The van der Waals surface area contributed by atoms with Crippen molar-refractivity contribution in [1.82, 2.24) is 0 Å². The summed E-state index contributed by atoms with van der Waals surface area (Å²) in [5.74, 6) is -0.115. The summed E-state index contributed by atoms with van der Waals surface area (Å²) in [5, 5.41) is 3.65. The Kier molecular flexibility index (Phi) is 6.48. The summed E-state index contributed by atoms with van der Waals surface area (Å²) < 4.78 is 0. The van der Waals surface area contributed by atoms with E-state index < -0.39 is 5.25 Å². The van der Waals surface area contributed by atoms with Gasteiger partial charge in [0.1, 0.15) is 5.25 Å². The number of aryl methyl sites for hydroxylation is 2. The first-order valence-corrected chi connectivity index (χ1v) is 10.1. The van der Waals surface area contributed by atoms with Crippen molar-refractivity contribution in [1.29, 1.82) is 0 Å². The van der Waals surface area contributed by atoms with E-state index in [0.717, 1.165) is 22.4 Å². The molecule has 0 saturated carbocycles. The molecule has 0 aliphatic rings. The summed E-state index contributed by atoms with van der Waals surface area (Å²) >= 11 is 14.0. The standard InChI is InChI=1S/C22H19Cl2NOS/c1-14-11-12-15(2)19(13-14)25-22(26)20(16-7-4-3-5-8-16)27-21-17(23)9-6-10-18(21)24/h3-13,20H,1-2H3,(H,25,26)/t20-/m0/s1. The second kappa shape index (κ2) is 8.83. The van der Waals surface area contributed by atoms with Crippen LogP contribution in [0.15, 0.2) is 71.6 Å². The molecule has 3 rings (SSSR count). The van der Waals surface area contributed by atoms with E-state index in [1.54, 1.807) is 18.2 Å².